The van der Waals surface area contributed by atoms with Crippen molar-refractivity contribution < 1.29 is 0 Å². The summed E-state index contributed by atoms with van der Waals surface area (Å²) in [7, 11) is 0. The molecule has 55 heavy (non-hydrogen) atoms. The van der Waals surface area contributed by atoms with Gasteiger partial charge in [0.25, 0.3) is 0 Å². The molecule has 258 valence electrons. The molecule has 0 N–H and O–H groups in total. The van der Waals surface area contributed by atoms with E-state index in [2.05, 4.69) is 143 Å². The molecule has 9 aromatic rings. The largest absolute Gasteiger partial charge is 0.309 e. The third kappa shape index (κ3) is 5.45. The van der Waals surface area contributed by atoms with Crippen LogP contribution in [0.5, 0.6) is 0 Å². The average molecular weight is 703 g/mol. The minimum absolute atomic E-state index is 0.454. The Hall–Kier alpha value is -7.66. The summed E-state index contributed by atoms with van der Waals surface area (Å²) in [6.07, 6.45) is 6.19. The average Bonchev–Trinajstić information content (AvgIpc) is 3.75. The fraction of sp³-hybridized carbons (Fsp3) is 0.0196. The number of para-hydroxylation sites is 2. The Bertz CT molecular complexity index is 3010. The first-order valence-corrected chi connectivity index (χ1v) is 18.3. The summed E-state index contributed by atoms with van der Waals surface area (Å²) >= 11 is 0. The zero-order valence-electron chi connectivity index (χ0n) is 30.2. The van der Waals surface area contributed by atoms with Crippen LogP contribution in [0, 0.1) is 22.7 Å². The highest BCUT2D eigenvalue weighted by atomic mass is 15.0. The number of hydrogen-bond donors (Lipinski definition) is 0. The lowest BCUT2D eigenvalue weighted by Crippen LogP contribution is -2.00. The standard InChI is InChI=1S/C51H34N4/c1-3-15-47-40(4-2)42-20-11-13-22-48(42)54(47)38-25-27-50-46(29-38)43-21-12-14-23-49(43)55(50)39-30-44(35-16-7-5-8-17-35)51(45(31-39)36-18-9-6-10-19-36)41-26-24-34(32-52)28-37(41)33-53/h3-31H,2H2,1H3/b15-3-. The maximum Gasteiger partial charge on any atom is 0.0998 e. The molecule has 0 amide bonds. The molecule has 0 aliphatic heterocycles. The van der Waals surface area contributed by atoms with Gasteiger partial charge in [0.15, 0.2) is 0 Å². The van der Waals surface area contributed by atoms with E-state index in [0.717, 1.165) is 88.7 Å². The van der Waals surface area contributed by atoms with Gasteiger partial charge in [0.2, 0.25) is 0 Å². The van der Waals surface area contributed by atoms with Crippen molar-refractivity contribution in [2.45, 2.75) is 6.92 Å². The van der Waals surface area contributed by atoms with E-state index in [1.807, 2.05) is 55.5 Å². The molecule has 9 rings (SSSR count). The molecule has 0 aliphatic rings. The highest BCUT2D eigenvalue weighted by Gasteiger charge is 2.22. The van der Waals surface area contributed by atoms with E-state index in [-0.39, 0.29) is 0 Å². The fourth-order valence-corrected chi connectivity index (χ4v) is 8.14. The number of nitriles is 2. The van der Waals surface area contributed by atoms with Gasteiger partial charge in [-0.2, -0.15) is 10.5 Å². The van der Waals surface area contributed by atoms with E-state index < -0.39 is 0 Å². The second kappa shape index (κ2) is 13.7. The Labute approximate surface area is 320 Å². The summed E-state index contributed by atoms with van der Waals surface area (Å²) in [4.78, 5) is 0. The molecule has 4 nitrogen and oxygen atoms in total. The van der Waals surface area contributed by atoms with E-state index >= 15 is 0 Å². The number of fused-ring (bicyclic) bond motifs is 4. The molecule has 0 atom stereocenters. The van der Waals surface area contributed by atoms with Gasteiger partial charge in [0.1, 0.15) is 0 Å². The monoisotopic (exact) mass is 702 g/mol. The molecular weight excluding hydrogens is 669 g/mol. The minimum atomic E-state index is 0.454. The molecule has 0 saturated heterocycles. The van der Waals surface area contributed by atoms with Crippen molar-refractivity contribution in [1.29, 1.82) is 10.5 Å². The zero-order valence-corrected chi connectivity index (χ0v) is 30.2. The van der Waals surface area contributed by atoms with E-state index in [0.29, 0.717) is 11.1 Å². The van der Waals surface area contributed by atoms with Gasteiger partial charge in [-0.1, -0.05) is 122 Å². The highest BCUT2D eigenvalue weighted by Crippen LogP contribution is 2.45. The van der Waals surface area contributed by atoms with Crippen molar-refractivity contribution in [2.75, 3.05) is 0 Å². The molecule has 0 unspecified atom stereocenters. The van der Waals surface area contributed by atoms with E-state index in [9.17, 15) is 10.5 Å². The number of aromatic nitrogens is 2. The van der Waals surface area contributed by atoms with Crippen LogP contribution in [0.15, 0.2) is 170 Å². The number of benzene rings is 7. The number of nitrogens with zero attached hydrogens (tertiary/aromatic N) is 4. The van der Waals surface area contributed by atoms with Gasteiger partial charge < -0.3 is 9.13 Å². The van der Waals surface area contributed by atoms with Crippen molar-refractivity contribution in [3.05, 3.63) is 193 Å². The SMILES string of the molecule is C=Cc1c(/C=C\C)n(-c2ccc3c(c2)c2ccccc2n3-c2cc(-c3ccccc3)c(-c3ccc(C#N)cc3C#N)c(-c3ccccc3)c2)c2ccccc12. The topological polar surface area (TPSA) is 57.4 Å². The van der Waals surface area contributed by atoms with Crippen LogP contribution in [-0.2, 0) is 0 Å². The first-order valence-electron chi connectivity index (χ1n) is 18.3. The Morgan fingerprint density at radius 1 is 0.527 bits per heavy atom. The normalized spacial score (nSPS) is 11.3. The number of rotatable bonds is 7. The van der Waals surface area contributed by atoms with Crippen molar-refractivity contribution in [3.63, 3.8) is 0 Å². The molecule has 2 heterocycles. The molecule has 0 radical (unpaired) electrons. The number of hydrogen-bond acceptors (Lipinski definition) is 2. The Morgan fingerprint density at radius 3 is 1.75 bits per heavy atom. The van der Waals surface area contributed by atoms with Crippen LogP contribution in [0.1, 0.15) is 29.3 Å². The van der Waals surface area contributed by atoms with Gasteiger partial charge >= 0.3 is 0 Å². The zero-order chi connectivity index (χ0) is 37.5. The molecular formula is C51H34N4. The van der Waals surface area contributed by atoms with E-state index in [4.69, 9.17) is 0 Å². The quantitative estimate of drug-likeness (QED) is 0.166. The van der Waals surface area contributed by atoms with Crippen LogP contribution in [-0.4, -0.2) is 9.13 Å². The lowest BCUT2D eigenvalue weighted by atomic mass is 9.85. The van der Waals surface area contributed by atoms with Crippen LogP contribution >= 0.6 is 0 Å². The summed E-state index contributed by atoms with van der Waals surface area (Å²) in [5.74, 6) is 0. The second-order valence-corrected chi connectivity index (χ2v) is 13.5. The summed E-state index contributed by atoms with van der Waals surface area (Å²) in [5.41, 5.74) is 14.3. The molecule has 7 aromatic carbocycles. The fourth-order valence-electron chi connectivity index (χ4n) is 8.14. The minimum Gasteiger partial charge on any atom is -0.309 e. The van der Waals surface area contributed by atoms with Gasteiger partial charge in [-0.3, -0.25) is 0 Å². The lowest BCUT2D eigenvalue weighted by molar-refractivity contribution is 1.11. The van der Waals surface area contributed by atoms with Gasteiger partial charge in [0.05, 0.1) is 45.5 Å². The van der Waals surface area contributed by atoms with Crippen molar-refractivity contribution in [3.8, 4) is 56.9 Å². The lowest BCUT2D eigenvalue weighted by Gasteiger charge is -2.21. The molecule has 0 bridgehead atoms. The van der Waals surface area contributed by atoms with Crippen LogP contribution in [0.25, 0.3) is 89.6 Å². The second-order valence-electron chi connectivity index (χ2n) is 13.5. The van der Waals surface area contributed by atoms with E-state index in [1.54, 1.807) is 12.1 Å². The Kier molecular flexibility index (Phi) is 8.28. The van der Waals surface area contributed by atoms with Crippen LogP contribution in [0.4, 0.5) is 0 Å². The maximum atomic E-state index is 10.4. The summed E-state index contributed by atoms with van der Waals surface area (Å²) in [5, 5.41) is 23.6. The smallest absolute Gasteiger partial charge is 0.0998 e. The maximum absolute atomic E-state index is 10.4. The van der Waals surface area contributed by atoms with Gasteiger partial charge in [0, 0.05) is 38.7 Å². The van der Waals surface area contributed by atoms with Gasteiger partial charge in [-0.15, -0.1) is 0 Å². The van der Waals surface area contributed by atoms with Crippen LogP contribution in [0.2, 0.25) is 0 Å². The molecule has 0 spiro atoms. The Morgan fingerprint density at radius 2 is 1.13 bits per heavy atom. The predicted molar refractivity (Wildman–Crippen MR) is 228 cm³/mol. The van der Waals surface area contributed by atoms with Crippen molar-refractivity contribution >= 4 is 44.9 Å². The molecule has 2 aromatic heterocycles. The first-order chi connectivity index (χ1) is 27.1. The van der Waals surface area contributed by atoms with Crippen LogP contribution in [0.3, 0.4) is 0 Å². The molecule has 4 heteroatoms. The van der Waals surface area contributed by atoms with E-state index in [1.165, 1.54) is 0 Å². The third-order valence-electron chi connectivity index (χ3n) is 10.5. The molecule has 0 aliphatic carbocycles. The highest BCUT2D eigenvalue weighted by molar-refractivity contribution is 6.11. The Balaban J connectivity index is 1.37. The third-order valence-corrected chi connectivity index (χ3v) is 10.5. The van der Waals surface area contributed by atoms with Gasteiger partial charge in [-0.05, 0) is 95.4 Å². The van der Waals surface area contributed by atoms with Gasteiger partial charge in [-0.25, -0.2) is 0 Å². The van der Waals surface area contributed by atoms with Crippen LogP contribution < -0.4 is 0 Å². The molecule has 0 saturated carbocycles. The molecule has 0 fully saturated rings. The summed E-state index contributed by atoms with van der Waals surface area (Å²) in [6, 6.07) is 59.0. The summed E-state index contributed by atoms with van der Waals surface area (Å²) < 4.78 is 4.69. The summed E-state index contributed by atoms with van der Waals surface area (Å²) in [6.45, 7) is 6.23. The van der Waals surface area contributed by atoms with Crippen molar-refractivity contribution in [1.82, 2.24) is 9.13 Å². The van der Waals surface area contributed by atoms with Crippen molar-refractivity contribution in [2.24, 2.45) is 0 Å². The predicted octanol–water partition coefficient (Wildman–Crippen LogP) is 13.1. The number of allylic oxidation sites excluding steroid dienone is 1. The first kappa shape index (κ1) is 33.2.